The molecule has 6 nitrogen and oxygen atoms in total. The Kier molecular flexibility index (Phi) is 2.80. The van der Waals surface area contributed by atoms with Crippen molar-refractivity contribution in [1.82, 2.24) is 26.5 Å². The Balaban J connectivity index is 2.11. The van der Waals surface area contributed by atoms with Crippen LogP contribution in [0.5, 0.6) is 0 Å². The van der Waals surface area contributed by atoms with E-state index in [-0.39, 0.29) is 11.6 Å². The standard InChI is InChI=1S/C11H12FN5O/c12-8-3-1-2-7-9(18)4-5-17(11(7)8)6-10-13-15-16-14-10/h1-5,10,13-16H,6H2. The maximum Gasteiger partial charge on any atom is 0.189 e. The molecule has 7 heteroatoms. The topological polar surface area (TPSA) is 70.1 Å². The first-order valence-corrected chi connectivity index (χ1v) is 5.54. The molecule has 1 aliphatic heterocycles. The van der Waals surface area contributed by atoms with Gasteiger partial charge < -0.3 is 4.57 Å². The molecule has 1 aromatic heterocycles. The summed E-state index contributed by atoms with van der Waals surface area (Å²) < 4.78 is 15.6. The highest BCUT2D eigenvalue weighted by atomic mass is 19.1. The van der Waals surface area contributed by atoms with Crippen molar-refractivity contribution >= 4 is 10.9 Å². The number of hydrazine groups is 3. The number of hydrogen-bond donors (Lipinski definition) is 4. The number of hydrogen-bond acceptors (Lipinski definition) is 5. The molecule has 0 atom stereocenters. The van der Waals surface area contributed by atoms with Gasteiger partial charge in [0.25, 0.3) is 0 Å². The van der Waals surface area contributed by atoms with E-state index in [4.69, 9.17) is 0 Å². The molecule has 4 N–H and O–H groups in total. The van der Waals surface area contributed by atoms with Crippen LogP contribution in [0.15, 0.2) is 35.3 Å². The zero-order valence-electron chi connectivity index (χ0n) is 9.40. The van der Waals surface area contributed by atoms with Crippen LogP contribution in [0, 0.1) is 5.82 Å². The molecule has 94 valence electrons. The summed E-state index contributed by atoms with van der Waals surface area (Å²) in [5.74, 6) is -0.399. The SMILES string of the molecule is O=c1ccn(CC2NNNN2)c2c(F)cccc12. The lowest BCUT2D eigenvalue weighted by Crippen LogP contribution is -2.38. The summed E-state index contributed by atoms with van der Waals surface area (Å²) in [4.78, 5) is 11.7. The fourth-order valence-electron chi connectivity index (χ4n) is 2.05. The van der Waals surface area contributed by atoms with Crippen LogP contribution >= 0.6 is 0 Å². The normalized spacial score (nSPS) is 16.5. The number of rotatable bonds is 2. The highest BCUT2D eigenvalue weighted by molar-refractivity contribution is 5.79. The molecule has 0 aliphatic carbocycles. The van der Waals surface area contributed by atoms with Gasteiger partial charge in [-0.1, -0.05) is 6.07 Å². The monoisotopic (exact) mass is 249 g/mol. The first-order valence-electron chi connectivity index (χ1n) is 5.54. The van der Waals surface area contributed by atoms with Crippen molar-refractivity contribution in [1.29, 1.82) is 0 Å². The van der Waals surface area contributed by atoms with E-state index in [0.717, 1.165) is 0 Å². The largest absolute Gasteiger partial charge is 0.342 e. The van der Waals surface area contributed by atoms with Gasteiger partial charge in [0, 0.05) is 17.6 Å². The van der Waals surface area contributed by atoms with Gasteiger partial charge in [0.05, 0.1) is 12.1 Å². The van der Waals surface area contributed by atoms with Crippen molar-refractivity contribution < 1.29 is 4.39 Å². The molecule has 2 aromatic rings. The van der Waals surface area contributed by atoms with Crippen LogP contribution in [0.25, 0.3) is 10.9 Å². The van der Waals surface area contributed by atoms with E-state index < -0.39 is 5.82 Å². The van der Waals surface area contributed by atoms with Crippen LogP contribution in [0.2, 0.25) is 0 Å². The zero-order valence-corrected chi connectivity index (χ0v) is 9.40. The summed E-state index contributed by atoms with van der Waals surface area (Å²) in [5, 5.41) is 0.386. The van der Waals surface area contributed by atoms with Gasteiger partial charge in [-0.2, -0.15) is 11.1 Å². The van der Waals surface area contributed by atoms with Gasteiger partial charge in [0.2, 0.25) is 0 Å². The van der Waals surface area contributed by atoms with Crippen LogP contribution < -0.4 is 27.3 Å². The molecule has 0 radical (unpaired) electrons. The van der Waals surface area contributed by atoms with Crippen LogP contribution in [-0.2, 0) is 6.54 Å². The molecule has 1 aromatic carbocycles. The van der Waals surface area contributed by atoms with Gasteiger partial charge in [-0.25, -0.2) is 15.2 Å². The molecule has 3 rings (SSSR count). The summed E-state index contributed by atoms with van der Waals surface area (Å²) >= 11 is 0. The van der Waals surface area contributed by atoms with E-state index in [1.54, 1.807) is 22.9 Å². The van der Waals surface area contributed by atoms with Crippen LogP contribution in [0.1, 0.15) is 0 Å². The predicted molar refractivity (Wildman–Crippen MR) is 64.5 cm³/mol. The van der Waals surface area contributed by atoms with Gasteiger partial charge in [-0.15, -0.1) is 0 Å². The molecule has 1 aliphatic rings. The third-order valence-corrected chi connectivity index (χ3v) is 2.88. The predicted octanol–water partition coefficient (Wildman–Crippen LogP) is -0.416. The van der Waals surface area contributed by atoms with Gasteiger partial charge in [-0.05, 0) is 12.1 Å². The molecule has 0 unspecified atom stereocenters. The molecule has 0 bridgehead atoms. The number of benzene rings is 1. The Morgan fingerprint density at radius 2 is 2.00 bits per heavy atom. The second-order valence-corrected chi connectivity index (χ2v) is 4.06. The van der Waals surface area contributed by atoms with Crippen LogP contribution in [-0.4, -0.2) is 10.7 Å². The third-order valence-electron chi connectivity index (χ3n) is 2.88. The molecule has 0 saturated carbocycles. The van der Waals surface area contributed by atoms with E-state index in [2.05, 4.69) is 21.9 Å². The van der Waals surface area contributed by atoms with Crippen molar-refractivity contribution in [2.45, 2.75) is 12.7 Å². The minimum atomic E-state index is -0.399. The Morgan fingerprint density at radius 1 is 1.22 bits per heavy atom. The number of nitrogens with one attached hydrogen (secondary N) is 4. The summed E-state index contributed by atoms with van der Waals surface area (Å²) in [6.07, 6.45) is 1.49. The molecule has 2 heterocycles. The lowest BCUT2D eigenvalue weighted by Gasteiger charge is -2.15. The third kappa shape index (κ3) is 1.89. The minimum absolute atomic E-state index is 0.102. The quantitative estimate of drug-likeness (QED) is 0.582. The van der Waals surface area contributed by atoms with Gasteiger partial charge in [0.15, 0.2) is 5.43 Å². The molecule has 1 fully saturated rings. The summed E-state index contributed by atoms with van der Waals surface area (Å²) in [7, 11) is 0. The first kappa shape index (κ1) is 11.3. The van der Waals surface area contributed by atoms with Gasteiger partial charge in [-0.3, -0.25) is 4.79 Å². The molecule has 0 amide bonds. The smallest absolute Gasteiger partial charge is 0.189 e. The van der Waals surface area contributed by atoms with Crippen LogP contribution in [0.4, 0.5) is 4.39 Å². The molecule has 0 spiro atoms. The first-order chi connectivity index (χ1) is 8.75. The fraction of sp³-hybridized carbons (Fsp3) is 0.182. The number of pyridine rings is 1. The maximum absolute atomic E-state index is 13.9. The number of aromatic nitrogens is 1. The average Bonchev–Trinajstić information content (AvgIpc) is 2.86. The zero-order chi connectivity index (χ0) is 12.5. The lowest BCUT2D eigenvalue weighted by atomic mass is 10.2. The number of fused-ring (bicyclic) bond motifs is 1. The molecular weight excluding hydrogens is 237 g/mol. The molecule has 1 saturated heterocycles. The highest BCUT2D eigenvalue weighted by Gasteiger charge is 2.15. The minimum Gasteiger partial charge on any atom is -0.342 e. The van der Waals surface area contributed by atoms with Crippen molar-refractivity contribution in [3.8, 4) is 0 Å². The molecule has 18 heavy (non-hydrogen) atoms. The van der Waals surface area contributed by atoms with Gasteiger partial charge in [0.1, 0.15) is 12.0 Å². The summed E-state index contributed by atoms with van der Waals surface area (Å²) in [5.41, 5.74) is 11.3. The lowest BCUT2D eigenvalue weighted by molar-refractivity contribution is 0.454. The Labute approximate surface area is 102 Å². The van der Waals surface area contributed by atoms with E-state index >= 15 is 0 Å². The van der Waals surface area contributed by atoms with E-state index in [1.807, 2.05) is 0 Å². The van der Waals surface area contributed by atoms with E-state index in [1.165, 1.54) is 12.1 Å². The molecular formula is C11H12FN5O. The van der Waals surface area contributed by atoms with Crippen molar-refractivity contribution in [3.63, 3.8) is 0 Å². The summed E-state index contributed by atoms with van der Waals surface area (Å²) in [6.45, 7) is 0.470. The Morgan fingerprint density at radius 3 is 2.78 bits per heavy atom. The number of para-hydroxylation sites is 1. The fourth-order valence-corrected chi connectivity index (χ4v) is 2.05. The van der Waals surface area contributed by atoms with E-state index in [0.29, 0.717) is 17.4 Å². The van der Waals surface area contributed by atoms with E-state index in [9.17, 15) is 9.18 Å². The van der Waals surface area contributed by atoms with Gasteiger partial charge >= 0.3 is 0 Å². The second-order valence-electron chi connectivity index (χ2n) is 4.06. The Bertz CT molecular complexity index is 635. The Hall–Kier alpha value is -1.80. The number of halogens is 1. The van der Waals surface area contributed by atoms with Crippen LogP contribution in [0.3, 0.4) is 0 Å². The second kappa shape index (κ2) is 4.46. The number of nitrogens with zero attached hydrogens (tertiary/aromatic N) is 1. The maximum atomic E-state index is 13.9. The van der Waals surface area contributed by atoms with Crippen molar-refractivity contribution in [2.24, 2.45) is 0 Å². The highest BCUT2D eigenvalue weighted by Crippen LogP contribution is 2.14. The average molecular weight is 249 g/mol. The van der Waals surface area contributed by atoms with Crippen molar-refractivity contribution in [2.75, 3.05) is 0 Å². The summed E-state index contributed by atoms with van der Waals surface area (Å²) in [6, 6.07) is 5.96. The van der Waals surface area contributed by atoms with Crippen molar-refractivity contribution in [3.05, 3.63) is 46.5 Å².